The van der Waals surface area contributed by atoms with Gasteiger partial charge in [-0.3, -0.25) is 9.48 Å². The van der Waals surface area contributed by atoms with Crippen LogP contribution in [0.1, 0.15) is 74.6 Å². The van der Waals surface area contributed by atoms with E-state index in [1.165, 1.54) is 19.3 Å². The van der Waals surface area contributed by atoms with Crippen LogP contribution in [-0.4, -0.2) is 56.8 Å². The summed E-state index contributed by atoms with van der Waals surface area (Å²) >= 11 is 0. The lowest BCUT2D eigenvalue weighted by molar-refractivity contribution is 0.0221. The minimum atomic E-state index is -0.536. The second-order valence-electron chi connectivity index (χ2n) is 8.76. The molecular weight excluding hydrogens is 344 g/mol. The van der Waals surface area contributed by atoms with Gasteiger partial charge in [0, 0.05) is 44.4 Å². The number of ether oxygens (including phenoxy) is 1. The SMILES string of the molecule is CN(C(=O)c1nn(C)c2c1CN(C(=O)OC(C)(C)C)CC2)C1CCCCC1. The fourth-order valence-electron chi connectivity index (χ4n) is 4.05. The average Bonchev–Trinajstić information content (AvgIpc) is 2.96. The Morgan fingerprint density at radius 2 is 1.85 bits per heavy atom. The Balaban J connectivity index is 1.79. The highest BCUT2D eigenvalue weighted by Gasteiger charge is 2.33. The van der Waals surface area contributed by atoms with Crippen molar-refractivity contribution < 1.29 is 14.3 Å². The van der Waals surface area contributed by atoms with Gasteiger partial charge in [0.2, 0.25) is 0 Å². The summed E-state index contributed by atoms with van der Waals surface area (Å²) in [5.41, 5.74) is 1.85. The van der Waals surface area contributed by atoms with Gasteiger partial charge in [0.15, 0.2) is 5.69 Å². The van der Waals surface area contributed by atoms with Crippen molar-refractivity contribution in [3.8, 4) is 0 Å². The van der Waals surface area contributed by atoms with Gasteiger partial charge < -0.3 is 14.5 Å². The molecule has 0 radical (unpaired) electrons. The summed E-state index contributed by atoms with van der Waals surface area (Å²) in [5.74, 6) is -0.0372. The van der Waals surface area contributed by atoms with Crippen molar-refractivity contribution >= 4 is 12.0 Å². The van der Waals surface area contributed by atoms with Crippen LogP contribution in [0.5, 0.6) is 0 Å². The first kappa shape index (κ1) is 19.7. The number of aromatic nitrogens is 2. The lowest BCUT2D eigenvalue weighted by atomic mass is 9.94. The van der Waals surface area contributed by atoms with Gasteiger partial charge in [0.25, 0.3) is 5.91 Å². The van der Waals surface area contributed by atoms with Gasteiger partial charge in [0.05, 0.1) is 6.54 Å². The molecule has 0 unspecified atom stereocenters. The molecule has 7 nitrogen and oxygen atoms in total. The van der Waals surface area contributed by atoms with Gasteiger partial charge in [-0.15, -0.1) is 0 Å². The predicted molar refractivity (Wildman–Crippen MR) is 103 cm³/mol. The summed E-state index contributed by atoms with van der Waals surface area (Å²) in [5, 5.41) is 4.52. The summed E-state index contributed by atoms with van der Waals surface area (Å²) in [6.07, 6.45) is 6.06. The van der Waals surface area contributed by atoms with Crippen molar-refractivity contribution in [1.82, 2.24) is 19.6 Å². The minimum Gasteiger partial charge on any atom is -0.444 e. The maximum Gasteiger partial charge on any atom is 0.410 e. The maximum atomic E-state index is 13.1. The normalized spacial score (nSPS) is 18.2. The lowest BCUT2D eigenvalue weighted by Gasteiger charge is -2.32. The van der Waals surface area contributed by atoms with Crippen molar-refractivity contribution in [2.45, 2.75) is 77.5 Å². The van der Waals surface area contributed by atoms with Crippen molar-refractivity contribution in [1.29, 1.82) is 0 Å². The Labute approximate surface area is 161 Å². The molecule has 2 heterocycles. The first-order valence-electron chi connectivity index (χ1n) is 9.97. The smallest absolute Gasteiger partial charge is 0.410 e. The Bertz CT molecular complexity index is 714. The molecule has 0 atom stereocenters. The molecule has 3 rings (SSSR count). The number of carbonyl (C=O) groups is 2. The predicted octanol–water partition coefficient (Wildman–Crippen LogP) is 3.12. The van der Waals surface area contributed by atoms with Crippen LogP contribution in [-0.2, 0) is 24.8 Å². The van der Waals surface area contributed by atoms with Gasteiger partial charge in [-0.05, 0) is 33.6 Å². The molecule has 0 saturated heterocycles. The van der Waals surface area contributed by atoms with E-state index < -0.39 is 5.60 Å². The quantitative estimate of drug-likeness (QED) is 0.795. The van der Waals surface area contributed by atoms with Gasteiger partial charge in [-0.2, -0.15) is 5.10 Å². The molecule has 0 bridgehead atoms. The second kappa shape index (κ2) is 7.52. The number of amides is 2. The van der Waals surface area contributed by atoms with E-state index in [9.17, 15) is 9.59 Å². The molecule has 27 heavy (non-hydrogen) atoms. The fourth-order valence-corrected chi connectivity index (χ4v) is 4.05. The summed E-state index contributed by atoms with van der Waals surface area (Å²) < 4.78 is 7.30. The first-order valence-corrected chi connectivity index (χ1v) is 9.97. The third-order valence-corrected chi connectivity index (χ3v) is 5.54. The minimum absolute atomic E-state index is 0.0372. The van der Waals surface area contributed by atoms with Crippen LogP contribution < -0.4 is 0 Å². The molecule has 0 N–H and O–H groups in total. The highest BCUT2D eigenvalue weighted by molar-refractivity contribution is 5.94. The molecule has 150 valence electrons. The molecule has 1 aliphatic heterocycles. The van der Waals surface area contributed by atoms with E-state index in [1.54, 1.807) is 9.58 Å². The standard InChI is InChI=1S/C20H32N4O3/c1-20(2,3)27-19(26)24-12-11-16-15(13-24)17(21-23(16)5)18(25)22(4)14-9-7-6-8-10-14/h14H,6-13H2,1-5H3. The zero-order valence-corrected chi connectivity index (χ0v) is 17.2. The monoisotopic (exact) mass is 376 g/mol. The number of hydrogen-bond acceptors (Lipinski definition) is 4. The van der Waals surface area contributed by atoms with E-state index in [4.69, 9.17) is 4.74 Å². The molecule has 1 aromatic heterocycles. The highest BCUT2D eigenvalue weighted by Crippen LogP contribution is 2.27. The number of rotatable bonds is 2. The van der Waals surface area contributed by atoms with Crippen LogP contribution >= 0.6 is 0 Å². The third-order valence-electron chi connectivity index (χ3n) is 5.54. The molecule has 0 spiro atoms. The largest absolute Gasteiger partial charge is 0.444 e. The molecule has 1 aliphatic carbocycles. The third kappa shape index (κ3) is 4.28. The van der Waals surface area contributed by atoms with Crippen molar-refractivity contribution in [2.24, 2.45) is 7.05 Å². The van der Waals surface area contributed by atoms with E-state index in [1.807, 2.05) is 39.8 Å². The summed E-state index contributed by atoms with van der Waals surface area (Å²) in [7, 11) is 3.76. The second-order valence-corrected chi connectivity index (χ2v) is 8.76. The summed E-state index contributed by atoms with van der Waals surface area (Å²) in [6, 6.07) is 0.287. The van der Waals surface area contributed by atoms with Gasteiger partial charge >= 0.3 is 6.09 Å². The van der Waals surface area contributed by atoms with Gasteiger partial charge in [-0.25, -0.2) is 4.79 Å². The molecule has 1 saturated carbocycles. The Hall–Kier alpha value is -2.05. The summed E-state index contributed by atoms with van der Waals surface area (Å²) in [4.78, 5) is 29.2. The zero-order chi connectivity index (χ0) is 19.8. The number of carbonyl (C=O) groups excluding carboxylic acids is 2. The molecular formula is C20H32N4O3. The van der Waals surface area contributed by atoms with Crippen LogP contribution in [0.3, 0.4) is 0 Å². The number of aryl methyl sites for hydroxylation is 1. The van der Waals surface area contributed by atoms with E-state index in [2.05, 4.69) is 5.10 Å². The van der Waals surface area contributed by atoms with E-state index in [0.29, 0.717) is 25.2 Å². The Morgan fingerprint density at radius 1 is 1.19 bits per heavy atom. The molecule has 1 fully saturated rings. The lowest BCUT2D eigenvalue weighted by Crippen LogP contribution is -2.41. The van der Waals surface area contributed by atoms with E-state index >= 15 is 0 Å². The molecule has 0 aromatic carbocycles. The zero-order valence-electron chi connectivity index (χ0n) is 17.2. The maximum absolute atomic E-state index is 13.1. The fraction of sp³-hybridized carbons (Fsp3) is 0.750. The van der Waals surface area contributed by atoms with Crippen molar-refractivity contribution in [2.75, 3.05) is 13.6 Å². The van der Waals surface area contributed by atoms with Gasteiger partial charge in [0.1, 0.15) is 5.60 Å². The molecule has 2 amide bonds. The number of fused-ring (bicyclic) bond motifs is 1. The van der Waals surface area contributed by atoms with E-state index in [0.717, 1.165) is 24.1 Å². The number of hydrogen-bond donors (Lipinski definition) is 0. The topological polar surface area (TPSA) is 67.7 Å². The highest BCUT2D eigenvalue weighted by atomic mass is 16.6. The molecule has 7 heteroatoms. The van der Waals surface area contributed by atoms with Crippen LogP contribution in [0.4, 0.5) is 4.79 Å². The van der Waals surface area contributed by atoms with Crippen LogP contribution in [0.2, 0.25) is 0 Å². The van der Waals surface area contributed by atoms with Gasteiger partial charge in [-0.1, -0.05) is 19.3 Å². The van der Waals surface area contributed by atoms with Crippen molar-refractivity contribution in [3.05, 3.63) is 17.0 Å². The summed E-state index contributed by atoms with van der Waals surface area (Å²) in [6.45, 7) is 6.53. The average molecular weight is 377 g/mol. The molecule has 2 aliphatic rings. The molecule has 1 aromatic rings. The number of nitrogens with zero attached hydrogens (tertiary/aromatic N) is 4. The van der Waals surface area contributed by atoms with Crippen LogP contribution in [0, 0.1) is 0 Å². The van der Waals surface area contributed by atoms with Crippen LogP contribution in [0.25, 0.3) is 0 Å². The Morgan fingerprint density at radius 3 is 2.48 bits per heavy atom. The van der Waals surface area contributed by atoms with E-state index in [-0.39, 0.29) is 18.0 Å². The van der Waals surface area contributed by atoms with Crippen LogP contribution in [0.15, 0.2) is 0 Å². The first-order chi connectivity index (χ1) is 12.7. The van der Waals surface area contributed by atoms with Crippen molar-refractivity contribution in [3.63, 3.8) is 0 Å². The Kier molecular flexibility index (Phi) is 5.49.